The van der Waals surface area contributed by atoms with Gasteiger partial charge in [0.05, 0.1) is 6.20 Å². The molecule has 0 spiro atoms. The van der Waals surface area contributed by atoms with E-state index in [2.05, 4.69) is 10.2 Å². The molecule has 1 heterocycles. The third-order valence-corrected chi connectivity index (χ3v) is 3.30. The van der Waals surface area contributed by atoms with Crippen LogP contribution in [-0.4, -0.2) is 10.2 Å². The minimum absolute atomic E-state index is 0.252. The Balaban J connectivity index is 2.30. The van der Waals surface area contributed by atoms with Crippen molar-refractivity contribution in [3.8, 4) is 11.3 Å². The van der Waals surface area contributed by atoms with Gasteiger partial charge in [-0.25, -0.2) is 4.39 Å². The van der Waals surface area contributed by atoms with Crippen LogP contribution in [0.4, 0.5) is 4.39 Å². The Kier molecular flexibility index (Phi) is 2.91. The first-order chi connectivity index (χ1) is 9.15. The van der Waals surface area contributed by atoms with Gasteiger partial charge in [0, 0.05) is 21.4 Å². The quantitative estimate of drug-likeness (QED) is 0.656. The third kappa shape index (κ3) is 2.17. The van der Waals surface area contributed by atoms with E-state index < -0.39 is 0 Å². The predicted octanol–water partition coefficient (Wildman–Crippen LogP) is 4.40. The second-order valence-corrected chi connectivity index (χ2v) is 4.82. The number of nitrogens with zero attached hydrogens (tertiary/aromatic N) is 2. The summed E-state index contributed by atoms with van der Waals surface area (Å²) in [4.78, 5) is 0. The molecule has 2 aromatic carbocycles. The van der Waals surface area contributed by atoms with Crippen LogP contribution in [0.1, 0.15) is 5.56 Å². The fourth-order valence-corrected chi connectivity index (χ4v) is 2.33. The highest BCUT2D eigenvalue weighted by atomic mass is 35.5. The first kappa shape index (κ1) is 12.1. The number of hydrogen-bond acceptors (Lipinski definition) is 2. The minimum atomic E-state index is -0.252. The van der Waals surface area contributed by atoms with Crippen LogP contribution in [0.5, 0.6) is 0 Å². The summed E-state index contributed by atoms with van der Waals surface area (Å²) in [6.45, 7) is 1.86. The Bertz CT molecular complexity index is 771. The second-order valence-electron chi connectivity index (χ2n) is 4.38. The third-order valence-electron chi connectivity index (χ3n) is 3.07. The molecule has 0 saturated carbocycles. The van der Waals surface area contributed by atoms with Gasteiger partial charge < -0.3 is 0 Å². The van der Waals surface area contributed by atoms with Crippen LogP contribution >= 0.6 is 11.6 Å². The summed E-state index contributed by atoms with van der Waals surface area (Å²) >= 11 is 5.97. The normalized spacial score (nSPS) is 10.9. The standard InChI is InChI=1S/C15H10ClFN2/c1-9-6-12(17)3-5-13(9)15-14-4-2-11(16)7-10(14)8-18-19-15/h2-8H,1H3. The molecule has 0 radical (unpaired) electrons. The largest absolute Gasteiger partial charge is 0.207 e. The maximum atomic E-state index is 13.2. The van der Waals surface area contributed by atoms with Gasteiger partial charge in [0.25, 0.3) is 0 Å². The van der Waals surface area contributed by atoms with Crippen molar-refractivity contribution in [1.29, 1.82) is 0 Å². The van der Waals surface area contributed by atoms with Crippen molar-refractivity contribution in [1.82, 2.24) is 10.2 Å². The van der Waals surface area contributed by atoms with Crippen LogP contribution in [0.3, 0.4) is 0 Å². The lowest BCUT2D eigenvalue weighted by Gasteiger charge is -2.08. The molecule has 0 saturated heterocycles. The van der Waals surface area contributed by atoms with E-state index in [0.717, 1.165) is 27.6 Å². The fourth-order valence-electron chi connectivity index (χ4n) is 2.15. The smallest absolute Gasteiger partial charge is 0.123 e. The topological polar surface area (TPSA) is 25.8 Å². The number of benzene rings is 2. The van der Waals surface area contributed by atoms with E-state index in [0.29, 0.717) is 5.02 Å². The predicted molar refractivity (Wildman–Crippen MR) is 74.7 cm³/mol. The van der Waals surface area contributed by atoms with Crippen molar-refractivity contribution in [3.63, 3.8) is 0 Å². The average molecular weight is 273 g/mol. The average Bonchev–Trinajstić information content (AvgIpc) is 2.38. The summed E-state index contributed by atoms with van der Waals surface area (Å²) in [6, 6.07) is 10.2. The molecule has 0 aliphatic heterocycles. The van der Waals surface area contributed by atoms with Crippen molar-refractivity contribution in [2.24, 2.45) is 0 Å². The van der Waals surface area contributed by atoms with E-state index in [1.165, 1.54) is 12.1 Å². The Morgan fingerprint density at radius 2 is 1.95 bits per heavy atom. The highest BCUT2D eigenvalue weighted by molar-refractivity contribution is 6.31. The lowest BCUT2D eigenvalue weighted by Crippen LogP contribution is -1.92. The number of aromatic nitrogens is 2. The molecular weight excluding hydrogens is 263 g/mol. The van der Waals surface area contributed by atoms with Gasteiger partial charge in [0.2, 0.25) is 0 Å². The molecule has 0 aliphatic rings. The summed E-state index contributed by atoms with van der Waals surface area (Å²) in [5.41, 5.74) is 2.45. The monoisotopic (exact) mass is 272 g/mol. The van der Waals surface area contributed by atoms with Gasteiger partial charge in [-0.1, -0.05) is 17.7 Å². The number of halogens is 2. The molecule has 0 unspecified atom stereocenters. The molecule has 0 N–H and O–H groups in total. The van der Waals surface area contributed by atoms with Crippen molar-refractivity contribution >= 4 is 22.4 Å². The van der Waals surface area contributed by atoms with E-state index >= 15 is 0 Å². The van der Waals surface area contributed by atoms with Gasteiger partial charge in [-0.15, -0.1) is 5.10 Å². The molecule has 0 bridgehead atoms. The van der Waals surface area contributed by atoms with Crippen LogP contribution in [0.2, 0.25) is 5.02 Å². The number of rotatable bonds is 1. The molecule has 1 aromatic heterocycles. The number of fused-ring (bicyclic) bond motifs is 1. The molecule has 3 aromatic rings. The Labute approximate surface area is 114 Å². The minimum Gasteiger partial charge on any atom is -0.207 e. The molecule has 94 valence electrons. The Morgan fingerprint density at radius 3 is 2.74 bits per heavy atom. The lowest BCUT2D eigenvalue weighted by atomic mass is 10.0. The van der Waals surface area contributed by atoms with Gasteiger partial charge in [0.1, 0.15) is 11.5 Å². The number of hydrogen-bond donors (Lipinski definition) is 0. The van der Waals surface area contributed by atoms with E-state index in [9.17, 15) is 4.39 Å². The van der Waals surface area contributed by atoms with E-state index in [1.807, 2.05) is 25.1 Å². The van der Waals surface area contributed by atoms with Gasteiger partial charge in [-0.2, -0.15) is 5.10 Å². The van der Waals surface area contributed by atoms with Gasteiger partial charge in [-0.3, -0.25) is 0 Å². The van der Waals surface area contributed by atoms with Crippen molar-refractivity contribution < 1.29 is 4.39 Å². The summed E-state index contributed by atoms with van der Waals surface area (Å²) in [6.07, 6.45) is 1.67. The molecule has 2 nitrogen and oxygen atoms in total. The first-order valence-electron chi connectivity index (χ1n) is 5.82. The van der Waals surface area contributed by atoms with Crippen molar-refractivity contribution in [3.05, 3.63) is 59.0 Å². The molecule has 19 heavy (non-hydrogen) atoms. The zero-order valence-corrected chi connectivity index (χ0v) is 10.9. The summed E-state index contributed by atoms with van der Waals surface area (Å²) in [5.74, 6) is -0.252. The Hall–Kier alpha value is -2.00. The summed E-state index contributed by atoms with van der Waals surface area (Å²) < 4.78 is 13.2. The van der Waals surface area contributed by atoms with Crippen LogP contribution < -0.4 is 0 Å². The highest BCUT2D eigenvalue weighted by Crippen LogP contribution is 2.29. The Morgan fingerprint density at radius 1 is 1.11 bits per heavy atom. The molecule has 0 fully saturated rings. The zero-order valence-electron chi connectivity index (χ0n) is 10.2. The van der Waals surface area contributed by atoms with Crippen LogP contribution in [0.15, 0.2) is 42.6 Å². The van der Waals surface area contributed by atoms with Crippen LogP contribution in [-0.2, 0) is 0 Å². The molecule has 0 amide bonds. The van der Waals surface area contributed by atoms with Crippen LogP contribution in [0, 0.1) is 12.7 Å². The van der Waals surface area contributed by atoms with E-state index in [1.54, 1.807) is 12.3 Å². The molecule has 0 aliphatic carbocycles. The SMILES string of the molecule is Cc1cc(F)ccc1-c1nncc2cc(Cl)ccc12. The number of aryl methyl sites for hydroxylation is 1. The van der Waals surface area contributed by atoms with E-state index in [-0.39, 0.29) is 5.82 Å². The highest BCUT2D eigenvalue weighted by Gasteiger charge is 2.09. The van der Waals surface area contributed by atoms with Gasteiger partial charge in [0.15, 0.2) is 0 Å². The summed E-state index contributed by atoms with van der Waals surface area (Å²) in [7, 11) is 0. The second kappa shape index (κ2) is 4.59. The maximum Gasteiger partial charge on any atom is 0.123 e. The van der Waals surface area contributed by atoms with E-state index in [4.69, 9.17) is 11.6 Å². The van der Waals surface area contributed by atoms with Gasteiger partial charge in [-0.05, 0) is 42.8 Å². The zero-order chi connectivity index (χ0) is 13.4. The molecule has 0 atom stereocenters. The lowest BCUT2D eigenvalue weighted by molar-refractivity contribution is 0.627. The van der Waals surface area contributed by atoms with Crippen molar-refractivity contribution in [2.45, 2.75) is 6.92 Å². The molecule has 4 heteroatoms. The first-order valence-corrected chi connectivity index (χ1v) is 6.20. The maximum absolute atomic E-state index is 13.2. The fraction of sp³-hybridized carbons (Fsp3) is 0.0667. The van der Waals surface area contributed by atoms with Gasteiger partial charge >= 0.3 is 0 Å². The molecular formula is C15H10ClFN2. The summed E-state index contributed by atoms with van der Waals surface area (Å²) in [5, 5.41) is 10.7. The van der Waals surface area contributed by atoms with Crippen LogP contribution in [0.25, 0.3) is 22.0 Å². The van der Waals surface area contributed by atoms with Crippen molar-refractivity contribution in [2.75, 3.05) is 0 Å². The molecule has 3 rings (SSSR count).